The van der Waals surface area contributed by atoms with Gasteiger partial charge >= 0.3 is 0 Å². The predicted octanol–water partition coefficient (Wildman–Crippen LogP) is 2.45. The lowest BCUT2D eigenvalue weighted by Crippen LogP contribution is -1.93. The van der Waals surface area contributed by atoms with E-state index in [2.05, 4.69) is 22.0 Å². The Hall–Kier alpha value is -2.09. The summed E-state index contributed by atoms with van der Waals surface area (Å²) in [6.45, 7) is 4.12. The highest BCUT2D eigenvalue weighted by Crippen LogP contribution is 2.20. The van der Waals surface area contributed by atoms with Crippen molar-refractivity contribution in [2.45, 2.75) is 26.2 Å². The van der Waals surface area contributed by atoms with E-state index in [1.54, 1.807) is 12.1 Å². The van der Waals surface area contributed by atoms with E-state index in [0.29, 0.717) is 23.1 Å². The Labute approximate surface area is 93.1 Å². The van der Waals surface area contributed by atoms with Crippen LogP contribution in [0.15, 0.2) is 16.7 Å². The summed E-state index contributed by atoms with van der Waals surface area (Å²) in [5.74, 6) is 1.41. The first kappa shape index (κ1) is 10.4. The molecular weight excluding hydrogens is 204 g/mol. The number of H-pyrrole nitrogens is 1. The number of hydrogen-bond acceptors (Lipinski definition) is 4. The molecule has 0 aliphatic heterocycles. The molecular formula is C11H12N4O. The topological polar surface area (TPSA) is 78.5 Å². The summed E-state index contributed by atoms with van der Waals surface area (Å²) in [5.41, 5.74) is 1.16. The molecule has 2 heterocycles. The molecule has 0 saturated heterocycles. The number of nitrogens with zero attached hydrogens (tertiary/aromatic N) is 3. The molecule has 0 bridgehead atoms. The van der Waals surface area contributed by atoms with Gasteiger partial charge in [-0.2, -0.15) is 10.2 Å². The van der Waals surface area contributed by atoms with Crippen molar-refractivity contribution in [3.63, 3.8) is 0 Å². The van der Waals surface area contributed by atoms with Crippen LogP contribution in [0.25, 0.3) is 11.6 Å². The average Bonchev–Trinajstić information content (AvgIpc) is 2.95. The highest BCUT2D eigenvalue weighted by molar-refractivity contribution is 5.49. The van der Waals surface area contributed by atoms with Crippen LogP contribution in [-0.2, 0) is 0 Å². The van der Waals surface area contributed by atoms with Crippen molar-refractivity contribution in [2.24, 2.45) is 0 Å². The van der Waals surface area contributed by atoms with E-state index in [1.807, 2.05) is 13.0 Å². The molecule has 1 atom stereocenters. The van der Waals surface area contributed by atoms with Crippen molar-refractivity contribution >= 4 is 0 Å². The number of nitriles is 1. The monoisotopic (exact) mass is 216 g/mol. The summed E-state index contributed by atoms with van der Waals surface area (Å²) in [5, 5.41) is 12.6. The number of nitrogens with one attached hydrogen (secondary N) is 1. The highest BCUT2D eigenvalue weighted by atomic mass is 16.5. The van der Waals surface area contributed by atoms with Crippen LogP contribution in [0.4, 0.5) is 0 Å². The van der Waals surface area contributed by atoms with Crippen molar-refractivity contribution in [1.82, 2.24) is 15.1 Å². The number of aromatic amines is 1. The zero-order chi connectivity index (χ0) is 11.5. The number of hydrogen-bond donors (Lipinski definition) is 1. The predicted molar refractivity (Wildman–Crippen MR) is 57.5 cm³/mol. The van der Waals surface area contributed by atoms with Crippen LogP contribution in [-0.4, -0.2) is 15.1 Å². The summed E-state index contributed by atoms with van der Waals surface area (Å²) < 4.78 is 5.13. The van der Waals surface area contributed by atoms with Crippen molar-refractivity contribution in [3.8, 4) is 17.7 Å². The van der Waals surface area contributed by atoms with Crippen LogP contribution in [0.1, 0.15) is 37.7 Å². The third kappa shape index (κ3) is 1.82. The molecule has 0 aliphatic carbocycles. The molecule has 82 valence electrons. The molecule has 0 spiro atoms. The zero-order valence-corrected chi connectivity index (χ0v) is 9.19. The second-order valence-corrected chi connectivity index (χ2v) is 3.66. The summed E-state index contributed by atoms with van der Waals surface area (Å²) >= 11 is 0. The van der Waals surface area contributed by atoms with E-state index < -0.39 is 0 Å². The summed E-state index contributed by atoms with van der Waals surface area (Å²) in [6, 6.07) is 5.45. The third-order valence-corrected chi connectivity index (χ3v) is 2.53. The molecule has 5 nitrogen and oxygen atoms in total. The molecule has 1 N–H and O–H groups in total. The molecule has 5 heteroatoms. The summed E-state index contributed by atoms with van der Waals surface area (Å²) in [6.07, 6.45) is 0.965. The van der Waals surface area contributed by atoms with Gasteiger partial charge in [-0.05, 0) is 18.6 Å². The molecule has 0 fully saturated rings. The van der Waals surface area contributed by atoms with Gasteiger partial charge in [-0.3, -0.25) is 0 Å². The maximum atomic E-state index is 8.68. The zero-order valence-electron chi connectivity index (χ0n) is 9.19. The van der Waals surface area contributed by atoms with E-state index in [-0.39, 0.29) is 5.92 Å². The number of aromatic nitrogens is 3. The fourth-order valence-electron chi connectivity index (χ4n) is 1.31. The Morgan fingerprint density at radius 1 is 1.56 bits per heavy atom. The Morgan fingerprint density at radius 3 is 3.00 bits per heavy atom. The lowest BCUT2D eigenvalue weighted by Gasteiger charge is -1.98. The lowest BCUT2D eigenvalue weighted by molar-refractivity contribution is 0.415. The fourth-order valence-corrected chi connectivity index (χ4v) is 1.31. The van der Waals surface area contributed by atoms with Gasteiger partial charge in [0.1, 0.15) is 17.5 Å². The van der Waals surface area contributed by atoms with Crippen molar-refractivity contribution < 1.29 is 4.52 Å². The van der Waals surface area contributed by atoms with Gasteiger partial charge in [0, 0.05) is 5.92 Å². The van der Waals surface area contributed by atoms with Crippen LogP contribution in [0, 0.1) is 11.3 Å². The van der Waals surface area contributed by atoms with E-state index >= 15 is 0 Å². The number of rotatable bonds is 3. The second-order valence-electron chi connectivity index (χ2n) is 3.66. The van der Waals surface area contributed by atoms with Gasteiger partial charge in [-0.1, -0.05) is 19.0 Å². The first-order valence-corrected chi connectivity index (χ1v) is 5.17. The normalized spacial score (nSPS) is 12.3. The third-order valence-electron chi connectivity index (χ3n) is 2.53. The standard InChI is InChI=1S/C11H12N4O/c1-3-7(2)10-14-11(16-15-10)9-5-4-8(6-12)13-9/h4-5,7,13H,3H2,1-2H3. The van der Waals surface area contributed by atoms with Crippen LogP contribution in [0.5, 0.6) is 0 Å². The van der Waals surface area contributed by atoms with Gasteiger partial charge in [-0.15, -0.1) is 0 Å². The molecule has 2 aromatic heterocycles. The first-order chi connectivity index (χ1) is 7.74. The van der Waals surface area contributed by atoms with Gasteiger partial charge in [0.25, 0.3) is 5.89 Å². The molecule has 2 aromatic rings. The highest BCUT2D eigenvalue weighted by Gasteiger charge is 2.14. The maximum Gasteiger partial charge on any atom is 0.274 e. The molecule has 0 amide bonds. The Morgan fingerprint density at radius 2 is 2.38 bits per heavy atom. The van der Waals surface area contributed by atoms with Gasteiger partial charge in [0.2, 0.25) is 0 Å². The molecule has 0 aromatic carbocycles. The molecule has 2 rings (SSSR count). The summed E-state index contributed by atoms with van der Waals surface area (Å²) in [4.78, 5) is 7.17. The maximum absolute atomic E-state index is 8.68. The van der Waals surface area contributed by atoms with Crippen LogP contribution in [0.2, 0.25) is 0 Å². The van der Waals surface area contributed by atoms with Crippen molar-refractivity contribution in [1.29, 1.82) is 5.26 Å². The van der Waals surface area contributed by atoms with E-state index in [4.69, 9.17) is 9.78 Å². The Balaban J connectivity index is 2.28. The van der Waals surface area contributed by atoms with Gasteiger partial charge in [0.05, 0.1) is 0 Å². The van der Waals surface area contributed by atoms with Crippen LogP contribution < -0.4 is 0 Å². The minimum Gasteiger partial charge on any atom is -0.342 e. The SMILES string of the molecule is CCC(C)c1noc(-c2ccc(C#N)[nH]2)n1. The summed E-state index contributed by atoms with van der Waals surface area (Å²) in [7, 11) is 0. The van der Waals surface area contributed by atoms with Gasteiger partial charge < -0.3 is 9.51 Å². The minimum atomic E-state index is 0.280. The molecule has 0 saturated carbocycles. The van der Waals surface area contributed by atoms with E-state index in [0.717, 1.165) is 6.42 Å². The molecule has 0 radical (unpaired) electrons. The minimum absolute atomic E-state index is 0.280. The fraction of sp³-hybridized carbons (Fsp3) is 0.364. The smallest absolute Gasteiger partial charge is 0.274 e. The molecule has 0 aliphatic rings. The first-order valence-electron chi connectivity index (χ1n) is 5.17. The average molecular weight is 216 g/mol. The quantitative estimate of drug-likeness (QED) is 0.854. The largest absolute Gasteiger partial charge is 0.342 e. The van der Waals surface area contributed by atoms with Crippen LogP contribution in [0.3, 0.4) is 0 Å². The van der Waals surface area contributed by atoms with Gasteiger partial charge in [0.15, 0.2) is 5.82 Å². The Kier molecular flexibility index (Phi) is 2.73. The van der Waals surface area contributed by atoms with Crippen molar-refractivity contribution in [3.05, 3.63) is 23.7 Å². The van der Waals surface area contributed by atoms with Crippen LogP contribution >= 0.6 is 0 Å². The van der Waals surface area contributed by atoms with Gasteiger partial charge in [-0.25, -0.2) is 0 Å². The molecule has 16 heavy (non-hydrogen) atoms. The second kappa shape index (κ2) is 4.19. The van der Waals surface area contributed by atoms with E-state index in [1.165, 1.54) is 0 Å². The van der Waals surface area contributed by atoms with E-state index in [9.17, 15) is 0 Å². The van der Waals surface area contributed by atoms with Crippen molar-refractivity contribution in [2.75, 3.05) is 0 Å². The molecule has 1 unspecified atom stereocenters. The Bertz CT molecular complexity index is 520. The lowest BCUT2D eigenvalue weighted by atomic mass is 10.1.